The Kier molecular flexibility index (Phi) is 4.71. The van der Waals surface area contributed by atoms with Gasteiger partial charge < -0.3 is 5.32 Å². The molecule has 5 nitrogen and oxygen atoms in total. The summed E-state index contributed by atoms with van der Waals surface area (Å²) >= 11 is 1.28. The average Bonchev–Trinajstić information content (AvgIpc) is 3.07. The van der Waals surface area contributed by atoms with Crippen molar-refractivity contribution in [1.82, 2.24) is 10.3 Å². The van der Waals surface area contributed by atoms with E-state index in [2.05, 4.69) is 27.8 Å². The van der Waals surface area contributed by atoms with Crippen molar-refractivity contribution in [3.8, 4) is 0 Å². The fourth-order valence-corrected chi connectivity index (χ4v) is 3.33. The van der Waals surface area contributed by atoms with Gasteiger partial charge in [-0.3, -0.25) is 14.9 Å². The molecule has 2 aromatic rings. The van der Waals surface area contributed by atoms with Gasteiger partial charge in [-0.2, -0.15) is 0 Å². The molecule has 1 atom stereocenters. The third-order valence-corrected chi connectivity index (χ3v) is 4.77. The minimum Gasteiger partial charge on any atom is -0.341 e. The van der Waals surface area contributed by atoms with Gasteiger partial charge in [0.1, 0.15) is 0 Å². The van der Waals surface area contributed by atoms with E-state index in [-0.39, 0.29) is 6.04 Å². The summed E-state index contributed by atoms with van der Waals surface area (Å²) in [7, 11) is 0. The summed E-state index contributed by atoms with van der Waals surface area (Å²) in [5.74, 6) is -1.34. The van der Waals surface area contributed by atoms with E-state index in [1.807, 2.05) is 13.0 Å². The van der Waals surface area contributed by atoms with E-state index in [1.165, 1.54) is 35.3 Å². The molecular formula is C17H19N3O2S. The molecule has 2 N–H and O–H groups in total. The van der Waals surface area contributed by atoms with Gasteiger partial charge in [0, 0.05) is 11.6 Å². The van der Waals surface area contributed by atoms with Crippen molar-refractivity contribution in [2.24, 2.45) is 0 Å². The lowest BCUT2D eigenvalue weighted by molar-refractivity contribution is -0.136. The predicted molar refractivity (Wildman–Crippen MR) is 90.4 cm³/mol. The summed E-state index contributed by atoms with van der Waals surface area (Å²) < 4.78 is 0. The van der Waals surface area contributed by atoms with Gasteiger partial charge in [0.05, 0.1) is 6.04 Å². The highest BCUT2D eigenvalue weighted by atomic mass is 32.1. The lowest BCUT2D eigenvalue weighted by Gasteiger charge is -2.19. The van der Waals surface area contributed by atoms with Gasteiger partial charge in [-0.15, -0.1) is 11.3 Å². The van der Waals surface area contributed by atoms with Crippen LogP contribution < -0.4 is 10.6 Å². The SMILES string of the molecule is CC(NC(=O)C(=O)Nc1nccs1)c1ccc2c(c1)CCCC2. The maximum absolute atomic E-state index is 12.0. The maximum Gasteiger partial charge on any atom is 0.315 e. The number of anilines is 1. The number of carbonyl (C=O) groups is 2. The molecule has 120 valence electrons. The number of benzene rings is 1. The van der Waals surface area contributed by atoms with Crippen molar-refractivity contribution in [2.45, 2.75) is 38.6 Å². The van der Waals surface area contributed by atoms with Crippen LogP contribution in [0.15, 0.2) is 29.8 Å². The van der Waals surface area contributed by atoms with E-state index in [9.17, 15) is 9.59 Å². The molecule has 0 spiro atoms. The number of nitrogens with zero attached hydrogens (tertiary/aromatic N) is 1. The molecule has 0 radical (unpaired) electrons. The second-order valence-corrected chi connectivity index (χ2v) is 6.62. The van der Waals surface area contributed by atoms with Crippen molar-refractivity contribution in [3.05, 3.63) is 46.5 Å². The smallest absolute Gasteiger partial charge is 0.315 e. The van der Waals surface area contributed by atoms with Crippen molar-refractivity contribution < 1.29 is 9.59 Å². The quantitative estimate of drug-likeness (QED) is 0.851. The third kappa shape index (κ3) is 3.76. The van der Waals surface area contributed by atoms with Gasteiger partial charge in [-0.1, -0.05) is 18.2 Å². The minimum atomic E-state index is -0.690. The maximum atomic E-state index is 12.0. The molecule has 1 unspecified atom stereocenters. The molecule has 1 aliphatic rings. The molecule has 6 heteroatoms. The standard InChI is InChI=1S/C17H19N3O2S/c1-11(13-7-6-12-4-2-3-5-14(12)10-13)19-15(21)16(22)20-17-18-8-9-23-17/h6-11H,2-5H2,1H3,(H,19,21)(H,18,20,22). The Morgan fingerprint density at radius 2 is 1.96 bits per heavy atom. The van der Waals surface area contributed by atoms with Crippen LogP contribution in [0.25, 0.3) is 0 Å². The lowest BCUT2D eigenvalue weighted by Crippen LogP contribution is -2.36. The molecule has 1 aromatic carbocycles. The number of hydrogen-bond donors (Lipinski definition) is 2. The fraction of sp³-hybridized carbons (Fsp3) is 0.353. The van der Waals surface area contributed by atoms with E-state index < -0.39 is 11.8 Å². The Bertz CT molecular complexity index is 713. The highest BCUT2D eigenvalue weighted by Gasteiger charge is 2.19. The van der Waals surface area contributed by atoms with Crippen LogP contribution in [0.1, 0.15) is 42.5 Å². The zero-order chi connectivity index (χ0) is 16.2. The largest absolute Gasteiger partial charge is 0.341 e. The first-order valence-corrected chi connectivity index (χ1v) is 8.64. The number of rotatable bonds is 3. The van der Waals surface area contributed by atoms with Crippen molar-refractivity contribution in [2.75, 3.05) is 5.32 Å². The van der Waals surface area contributed by atoms with Gasteiger partial charge in [-0.25, -0.2) is 4.98 Å². The van der Waals surface area contributed by atoms with Gasteiger partial charge in [0.25, 0.3) is 0 Å². The summed E-state index contributed by atoms with van der Waals surface area (Å²) in [4.78, 5) is 27.8. The summed E-state index contributed by atoms with van der Waals surface area (Å²) in [6.07, 6.45) is 6.26. The number of amides is 2. The predicted octanol–water partition coefficient (Wildman–Crippen LogP) is 2.84. The number of aryl methyl sites for hydroxylation is 2. The molecule has 1 heterocycles. The molecule has 3 rings (SSSR count). The van der Waals surface area contributed by atoms with E-state index in [0.29, 0.717) is 5.13 Å². The van der Waals surface area contributed by atoms with Crippen LogP contribution in [0.2, 0.25) is 0 Å². The monoisotopic (exact) mass is 329 g/mol. The minimum absolute atomic E-state index is 0.211. The molecule has 0 aliphatic heterocycles. The Balaban J connectivity index is 1.63. The molecule has 1 aliphatic carbocycles. The van der Waals surface area contributed by atoms with E-state index in [0.717, 1.165) is 18.4 Å². The summed E-state index contributed by atoms with van der Waals surface area (Å²) in [5, 5.41) is 7.39. The van der Waals surface area contributed by atoms with E-state index >= 15 is 0 Å². The van der Waals surface area contributed by atoms with Crippen LogP contribution in [0.3, 0.4) is 0 Å². The number of fused-ring (bicyclic) bond motifs is 1. The van der Waals surface area contributed by atoms with Crippen LogP contribution in [-0.2, 0) is 22.4 Å². The van der Waals surface area contributed by atoms with Gasteiger partial charge >= 0.3 is 11.8 Å². The summed E-state index contributed by atoms with van der Waals surface area (Å²) in [6, 6.07) is 6.12. The second kappa shape index (κ2) is 6.91. The van der Waals surface area contributed by atoms with Crippen LogP contribution >= 0.6 is 11.3 Å². The Hall–Kier alpha value is -2.21. The van der Waals surface area contributed by atoms with Crippen molar-refractivity contribution in [1.29, 1.82) is 0 Å². The molecule has 2 amide bonds. The number of carbonyl (C=O) groups excluding carboxylic acids is 2. The first-order valence-electron chi connectivity index (χ1n) is 7.76. The normalized spacial score (nSPS) is 14.7. The highest BCUT2D eigenvalue weighted by molar-refractivity contribution is 7.13. The summed E-state index contributed by atoms with van der Waals surface area (Å²) in [6.45, 7) is 1.89. The molecule has 0 saturated carbocycles. The Morgan fingerprint density at radius 1 is 1.17 bits per heavy atom. The Morgan fingerprint density at radius 3 is 2.70 bits per heavy atom. The van der Waals surface area contributed by atoms with Crippen molar-refractivity contribution in [3.63, 3.8) is 0 Å². The zero-order valence-electron chi connectivity index (χ0n) is 13.0. The first kappa shape index (κ1) is 15.7. The molecule has 0 saturated heterocycles. The van der Waals surface area contributed by atoms with E-state index in [1.54, 1.807) is 11.6 Å². The average molecular weight is 329 g/mol. The van der Waals surface area contributed by atoms with Crippen molar-refractivity contribution >= 4 is 28.3 Å². The third-order valence-electron chi connectivity index (χ3n) is 4.08. The van der Waals surface area contributed by atoms with Crippen LogP contribution in [-0.4, -0.2) is 16.8 Å². The molecule has 1 aromatic heterocycles. The first-order chi connectivity index (χ1) is 11.1. The number of hydrogen-bond acceptors (Lipinski definition) is 4. The lowest BCUT2D eigenvalue weighted by atomic mass is 9.89. The van der Waals surface area contributed by atoms with Crippen LogP contribution in [0, 0.1) is 0 Å². The fourth-order valence-electron chi connectivity index (χ4n) is 2.81. The Labute approximate surface area is 139 Å². The van der Waals surface area contributed by atoms with Gasteiger partial charge in [0.2, 0.25) is 0 Å². The molecule has 0 fully saturated rings. The topological polar surface area (TPSA) is 71.1 Å². The molecule has 23 heavy (non-hydrogen) atoms. The number of nitrogens with one attached hydrogen (secondary N) is 2. The number of aromatic nitrogens is 1. The summed E-state index contributed by atoms with van der Waals surface area (Å²) in [5.41, 5.74) is 3.79. The number of thiazole rings is 1. The van der Waals surface area contributed by atoms with Crippen LogP contribution in [0.5, 0.6) is 0 Å². The molecular weight excluding hydrogens is 310 g/mol. The highest BCUT2D eigenvalue weighted by Crippen LogP contribution is 2.24. The second-order valence-electron chi connectivity index (χ2n) is 5.72. The van der Waals surface area contributed by atoms with Gasteiger partial charge in [-0.05, 0) is 49.3 Å². The van der Waals surface area contributed by atoms with Crippen LogP contribution in [0.4, 0.5) is 5.13 Å². The van der Waals surface area contributed by atoms with E-state index in [4.69, 9.17) is 0 Å². The molecule has 0 bridgehead atoms. The van der Waals surface area contributed by atoms with Gasteiger partial charge in [0.15, 0.2) is 5.13 Å². The zero-order valence-corrected chi connectivity index (χ0v) is 13.8.